The Morgan fingerprint density at radius 3 is 2.22 bits per heavy atom. The molecule has 0 saturated carbocycles. The number of carbonyl (C=O) groups is 2. The van der Waals surface area contributed by atoms with Crippen LogP contribution in [0.2, 0.25) is 0 Å². The van der Waals surface area contributed by atoms with Crippen LogP contribution < -0.4 is 15.5 Å². The number of benzene rings is 2. The molecule has 0 bridgehead atoms. The number of hydrogen-bond donors (Lipinski definition) is 2. The van der Waals surface area contributed by atoms with Crippen molar-refractivity contribution in [1.82, 2.24) is 10.6 Å². The summed E-state index contributed by atoms with van der Waals surface area (Å²) in [5, 5.41) is 5.84. The number of hydrogen-bond acceptors (Lipinski definition) is 6. The zero-order valence-electron chi connectivity index (χ0n) is 22.1. The van der Waals surface area contributed by atoms with Crippen molar-refractivity contribution in [2.45, 2.75) is 63.0 Å². The molecule has 0 radical (unpaired) electrons. The molecule has 0 aromatic heterocycles. The summed E-state index contributed by atoms with van der Waals surface area (Å²) in [6.45, 7) is 5.93. The summed E-state index contributed by atoms with van der Waals surface area (Å²) >= 11 is 0. The maximum atomic E-state index is 12.8. The summed E-state index contributed by atoms with van der Waals surface area (Å²) in [5.41, 5.74) is 2.17. The first-order valence-corrected chi connectivity index (χ1v) is 14.0. The van der Waals surface area contributed by atoms with Gasteiger partial charge in [0.1, 0.15) is 5.60 Å². The average Bonchev–Trinajstić information content (AvgIpc) is 2.78. The van der Waals surface area contributed by atoms with Gasteiger partial charge in [0, 0.05) is 39.0 Å². The van der Waals surface area contributed by atoms with Crippen LogP contribution in [0.5, 0.6) is 0 Å². The van der Waals surface area contributed by atoms with E-state index in [0.29, 0.717) is 19.4 Å². The van der Waals surface area contributed by atoms with Crippen molar-refractivity contribution < 1.29 is 22.7 Å². The number of nitrogens with one attached hydrogen (secondary N) is 2. The molecule has 9 heteroatoms. The molecule has 2 N–H and O–H groups in total. The Morgan fingerprint density at radius 1 is 0.972 bits per heavy atom. The van der Waals surface area contributed by atoms with Gasteiger partial charge in [0.25, 0.3) is 0 Å². The number of amides is 2. The van der Waals surface area contributed by atoms with Crippen LogP contribution in [0.3, 0.4) is 0 Å². The number of anilines is 1. The van der Waals surface area contributed by atoms with Gasteiger partial charge in [0.15, 0.2) is 9.84 Å². The molecule has 2 rings (SSSR count). The summed E-state index contributed by atoms with van der Waals surface area (Å²) in [6.07, 6.45) is 3.29. The van der Waals surface area contributed by atoms with Crippen molar-refractivity contribution in [3.63, 3.8) is 0 Å². The van der Waals surface area contributed by atoms with E-state index < -0.39 is 27.6 Å². The fourth-order valence-electron chi connectivity index (χ4n) is 3.57. The molecule has 0 fully saturated rings. The Labute approximate surface area is 215 Å². The molecule has 0 aliphatic carbocycles. The van der Waals surface area contributed by atoms with Crippen molar-refractivity contribution in [2.75, 3.05) is 31.8 Å². The second-order valence-corrected chi connectivity index (χ2v) is 12.1. The summed E-state index contributed by atoms with van der Waals surface area (Å²) in [6, 6.07) is 14.1. The van der Waals surface area contributed by atoms with E-state index in [-0.39, 0.29) is 10.8 Å². The lowest BCUT2D eigenvalue weighted by Gasteiger charge is -2.22. The Hall–Kier alpha value is -3.07. The lowest BCUT2D eigenvalue weighted by molar-refractivity contribution is -0.121. The monoisotopic (exact) mass is 517 g/mol. The van der Waals surface area contributed by atoms with Gasteiger partial charge in [0.05, 0.1) is 10.9 Å². The van der Waals surface area contributed by atoms with Gasteiger partial charge in [-0.05, 0) is 69.0 Å². The molecule has 0 saturated heterocycles. The second kappa shape index (κ2) is 12.8. The minimum atomic E-state index is -3.31. The van der Waals surface area contributed by atoms with Crippen LogP contribution in [0.15, 0.2) is 53.4 Å². The summed E-state index contributed by atoms with van der Waals surface area (Å²) in [5.74, 6) is -0.0949. The van der Waals surface area contributed by atoms with Gasteiger partial charge in [0.2, 0.25) is 5.91 Å². The maximum absolute atomic E-state index is 12.8. The predicted molar refractivity (Wildman–Crippen MR) is 143 cm³/mol. The van der Waals surface area contributed by atoms with Crippen molar-refractivity contribution in [3.8, 4) is 0 Å². The molecule has 0 aliphatic rings. The lowest BCUT2D eigenvalue weighted by Crippen LogP contribution is -2.33. The number of ether oxygens (including phenoxy) is 1. The number of sulfone groups is 1. The van der Waals surface area contributed by atoms with Crippen LogP contribution in [0, 0.1) is 0 Å². The highest BCUT2D eigenvalue weighted by molar-refractivity contribution is 7.90. The number of unbranched alkanes of at least 4 members (excludes halogenated alkanes) is 2. The molecule has 36 heavy (non-hydrogen) atoms. The van der Waals surface area contributed by atoms with E-state index in [1.165, 1.54) is 6.26 Å². The zero-order chi connectivity index (χ0) is 26.9. The molecule has 0 aliphatic heterocycles. The molecule has 0 spiro atoms. The predicted octanol–water partition coefficient (Wildman–Crippen LogP) is 4.45. The van der Waals surface area contributed by atoms with E-state index in [2.05, 4.69) is 10.6 Å². The van der Waals surface area contributed by atoms with Gasteiger partial charge < -0.3 is 20.3 Å². The van der Waals surface area contributed by atoms with Crippen molar-refractivity contribution in [3.05, 3.63) is 59.7 Å². The molecular formula is C27H39N3O5S. The minimum Gasteiger partial charge on any atom is -0.444 e. The molecule has 2 aromatic carbocycles. The van der Waals surface area contributed by atoms with E-state index in [1.54, 1.807) is 24.3 Å². The fraction of sp³-hybridized carbons (Fsp3) is 0.481. The molecule has 2 aromatic rings. The summed E-state index contributed by atoms with van der Waals surface area (Å²) in [4.78, 5) is 26.8. The third-order valence-corrected chi connectivity index (χ3v) is 6.54. The summed E-state index contributed by atoms with van der Waals surface area (Å²) < 4.78 is 28.9. The van der Waals surface area contributed by atoms with Crippen molar-refractivity contribution in [2.24, 2.45) is 0 Å². The van der Waals surface area contributed by atoms with Crippen molar-refractivity contribution in [1.29, 1.82) is 0 Å². The third-order valence-electron chi connectivity index (χ3n) is 5.42. The molecular weight excluding hydrogens is 478 g/mol. The largest absolute Gasteiger partial charge is 0.444 e. The van der Waals surface area contributed by atoms with Crippen LogP contribution in [0.1, 0.15) is 63.6 Å². The normalized spacial score (nSPS) is 12.5. The SMILES string of the molecule is CN(C)c1cccc(C(NC(=O)CCCCCNC(=O)OC(C)(C)C)c2ccc(S(C)(=O)=O)cc2)c1. The Morgan fingerprint density at radius 2 is 1.64 bits per heavy atom. The van der Waals surface area contributed by atoms with Crippen LogP contribution >= 0.6 is 0 Å². The first kappa shape index (κ1) is 29.2. The first-order valence-electron chi connectivity index (χ1n) is 12.1. The standard InChI is InChI=1S/C27H39N3O5S/c1-27(2,3)35-26(32)28-18-9-7-8-13-24(31)29-25(21-11-10-12-22(19-21)30(4)5)20-14-16-23(17-15-20)36(6,33)34/h10-12,14-17,19,25H,7-9,13,18H2,1-6H3,(H,28,32)(H,29,31). The third kappa shape index (κ3) is 9.89. The minimum absolute atomic E-state index is 0.0949. The summed E-state index contributed by atoms with van der Waals surface area (Å²) in [7, 11) is 0.586. The lowest BCUT2D eigenvalue weighted by atomic mass is 9.97. The second-order valence-electron chi connectivity index (χ2n) is 10.1. The average molecular weight is 518 g/mol. The van der Waals surface area contributed by atoms with Crippen molar-refractivity contribution >= 4 is 27.5 Å². The van der Waals surface area contributed by atoms with Gasteiger partial charge in [-0.25, -0.2) is 13.2 Å². The smallest absolute Gasteiger partial charge is 0.407 e. The van der Waals surface area contributed by atoms with Gasteiger partial charge in [-0.1, -0.05) is 30.7 Å². The van der Waals surface area contributed by atoms with Gasteiger partial charge in [-0.15, -0.1) is 0 Å². The Balaban J connectivity index is 2.01. The molecule has 1 atom stereocenters. The number of rotatable bonds is 11. The molecule has 198 valence electrons. The maximum Gasteiger partial charge on any atom is 0.407 e. The van der Waals surface area contributed by atoms with Crippen LogP contribution in [0.25, 0.3) is 0 Å². The van der Waals surface area contributed by atoms with Gasteiger partial charge in [-0.3, -0.25) is 4.79 Å². The topological polar surface area (TPSA) is 105 Å². The van der Waals surface area contributed by atoms with Gasteiger partial charge >= 0.3 is 6.09 Å². The highest BCUT2D eigenvalue weighted by atomic mass is 32.2. The molecule has 8 nitrogen and oxygen atoms in total. The Kier molecular flexibility index (Phi) is 10.3. The molecule has 0 heterocycles. The number of carbonyl (C=O) groups excluding carboxylic acids is 2. The van der Waals surface area contributed by atoms with E-state index >= 15 is 0 Å². The van der Waals surface area contributed by atoms with Gasteiger partial charge in [-0.2, -0.15) is 0 Å². The fourth-order valence-corrected chi connectivity index (χ4v) is 4.20. The highest BCUT2D eigenvalue weighted by Crippen LogP contribution is 2.27. The van der Waals surface area contributed by atoms with E-state index in [0.717, 1.165) is 29.7 Å². The van der Waals surface area contributed by atoms with Crippen LogP contribution in [-0.4, -0.2) is 52.9 Å². The quantitative estimate of drug-likeness (QED) is 0.427. The van der Waals surface area contributed by atoms with E-state index in [9.17, 15) is 18.0 Å². The van der Waals surface area contributed by atoms with E-state index in [1.807, 2.05) is 64.0 Å². The number of alkyl carbamates (subject to hydrolysis) is 1. The van der Waals surface area contributed by atoms with E-state index in [4.69, 9.17) is 4.74 Å². The highest BCUT2D eigenvalue weighted by Gasteiger charge is 2.19. The first-order chi connectivity index (χ1) is 16.8. The zero-order valence-corrected chi connectivity index (χ0v) is 22.9. The number of nitrogens with zero attached hydrogens (tertiary/aromatic N) is 1. The molecule has 1 unspecified atom stereocenters. The Bertz CT molecular complexity index is 1120. The van der Waals surface area contributed by atoms with Crippen LogP contribution in [-0.2, 0) is 19.4 Å². The van der Waals surface area contributed by atoms with Crippen LogP contribution in [0.4, 0.5) is 10.5 Å². The molecule has 2 amide bonds.